The molecule has 4 N–H and O–H groups in total. The van der Waals surface area contributed by atoms with Crippen molar-refractivity contribution in [1.29, 1.82) is 0 Å². The van der Waals surface area contributed by atoms with Crippen molar-refractivity contribution in [3.63, 3.8) is 0 Å². The molecular formula is C24H24FN5O2. The maximum absolute atomic E-state index is 13.1. The lowest BCUT2D eigenvalue weighted by Gasteiger charge is -2.26. The second kappa shape index (κ2) is 9.13. The van der Waals surface area contributed by atoms with Gasteiger partial charge >= 0.3 is 0 Å². The highest BCUT2D eigenvalue weighted by molar-refractivity contribution is 5.94. The Hall–Kier alpha value is -3.81. The van der Waals surface area contributed by atoms with E-state index in [-0.39, 0.29) is 23.7 Å². The van der Waals surface area contributed by atoms with Crippen LogP contribution < -0.4 is 11.5 Å². The second-order valence-corrected chi connectivity index (χ2v) is 7.84. The van der Waals surface area contributed by atoms with E-state index < -0.39 is 5.91 Å². The number of carbonyl (C=O) groups excluding carboxylic acids is 2. The fraction of sp³-hybridized carbons (Fsp3) is 0.250. The van der Waals surface area contributed by atoms with Crippen molar-refractivity contribution in [2.24, 2.45) is 5.73 Å². The van der Waals surface area contributed by atoms with Crippen LogP contribution in [-0.2, 0) is 11.2 Å². The minimum atomic E-state index is -0.525. The lowest BCUT2D eigenvalue weighted by molar-refractivity contribution is -0.132. The van der Waals surface area contributed by atoms with Crippen LogP contribution in [0.2, 0.25) is 0 Å². The van der Waals surface area contributed by atoms with Gasteiger partial charge in [-0.15, -0.1) is 0 Å². The molecule has 0 bridgehead atoms. The Morgan fingerprint density at radius 3 is 2.69 bits per heavy atom. The first-order valence-corrected chi connectivity index (χ1v) is 10.5. The molecule has 3 aromatic rings. The zero-order valence-corrected chi connectivity index (χ0v) is 17.5. The average Bonchev–Trinajstić information content (AvgIpc) is 3.28. The van der Waals surface area contributed by atoms with Gasteiger partial charge in [0.05, 0.1) is 11.7 Å². The minimum absolute atomic E-state index is 0.00541. The molecule has 0 radical (unpaired) electrons. The molecule has 32 heavy (non-hydrogen) atoms. The fourth-order valence-corrected chi connectivity index (χ4v) is 4.12. The van der Waals surface area contributed by atoms with Gasteiger partial charge in [-0.25, -0.2) is 14.4 Å². The van der Waals surface area contributed by atoms with Gasteiger partial charge in [0.2, 0.25) is 17.8 Å². The van der Waals surface area contributed by atoms with Crippen LogP contribution >= 0.6 is 0 Å². The summed E-state index contributed by atoms with van der Waals surface area (Å²) in [6.07, 6.45) is 4.06. The Bertz CT molecular complexity index is 1150. The molecule has 2 amide bonds. The zero-order chi connectivity index (χ0) is 22.7. The number of nitrogens with zero attached hydrogens (tertiary/aromatic N) is 3. The predicted molar refractivity (Wildman–Crippen MR) is 119 cm³/mol. The number of aryl methyl sites for hydroxylation is 1. The number of carbonyl (C=O) groups is 2. The second-order valence-electron chi connectivity index (χ2n) is 7.84. The minimum Gasteiger partial charge on any atom is -0.368 e. The lowest BCUT2D eigenvalue weighted by atomic mass is 9.98. The standard InChI is InChI=1S/C24H24FN5O2/c25-18-9-6-15(7-10-18)8-11-21(31)30-12-2-5-20(30)22-19(14-28-24(27)29-22)16-3-1-4-17(13-16)23(26)32/h1,3-4,6-7,9-10,13-14,20H,2,5,8,11-12H2,(H2,26,32)(H2,27,28,29)/t20-/m0/s1. The number of nitrogens with two attached hydrogens (primary N) is 2. The van der Waals surface area contributed by atoms with Crippen LogP contribution in [0.25, 0.3) is 11.1 Å². The number of aromatic nitrogens is 2. The summed E-state index contributed by atoms with van der Waals surface area (Å²) in [7, 11) is 0. The molecule has 164 valence electrons. The monoisotopic (exact) mass is 433 g/mol. The fourth-order valence-electron chi connectivity index (χ4n) is 4.12. The van der Waals surface area contributed by atoms with E-state index in [9.17, 15) is 14.0 Å². The Balaban J connectivity index is 1.60. The van der Waals surface area contributed by atoms with E-state index in [0.29, 0.717) is 36.2 Å². The van der Waals surface area contributed by atoms with Gasteiger partial charge in [0.1, 0.15) is 5.82 Å². The molecular weight excluding hydrogens is 409 g/mol. The number of hydrogen-bond acceptors (Lipinski definition) is 5. The van der Waals surface area contributed by atoms with Crippen molar-refractivity contribution in [1.82, 2.24) is 14.9 Å². The molecule has 0 spiro atoms. The zero-order valence-electron chi connectivity index (χ0n) is 17.5. The van der Waals surface area contributed by atoms with E-state index in [1.54, 1.807) is 36.5 Å². The van der Waals surface area contributed by atoms with Crippen LogP contribution in [-0.4, -0.2) is 33.2 Å². The molecule has 1 fully saturated rings. The predicted octanol–water partition coefficient (Wildman–Crippen LogP) is 3.26. The van der Waals surface area contributed by atoms with E-state index in [4.69, 9.17) is 11.5 Å². The number of primary amides is 1. The molecule has 1 atom stereocenters. The Morgan fingerprint density at radius 1 is 1.16 bits per heavy atom. The SMILES string of the molecule is NC(=O)c1cccc(-c2cnc(N)nc2[C@@H]2CCCN2C(=O)CCc2ccc(F)cc2)c1. The van der Waals surface area contributed by atoms with Gasteiger partial charge in [-0.1, -0.05) is 24.3 Å². The first-order chi connectivity index (χ1) is 15.4. The molecule has 0 unspecified atom stereocenters. The first kappa shape index (κ1) is 21.4. The molecule has 0 saturated carbocycles. The highest BCUT2D eigenvalue weighted by Crippen LogP contribution is 2.37. The number of halogens is 1. The van der Waals surface area contributed by atoms with Crippen molar-refractivity contribution in [3.05, 3.63) is 77.4 Å². The molecule has 2 heterocycles. The summed E-state index contributed by atoms with van der Waals surface area (Å²) in [6.45, 7) is 0.623. The maximum Gasteiger partial charge on any atom is 0.248 e. The maximum atomic E-state index is 13.1. The van der Waals surface area contributed by atoms with Gasteiger partial charge in [-0.2, -0.15) is 0 Å². The third kappa shape index (κ3) is 4.59. The summed E-state index contributed by atoms with van der Waals surface area (Å²) in [5, 5.41) is 0. The van der Waals surface area contributed by atoms with Crippen molar-refractivity contribution < 1.29 is 14.0 Å². The molecule has 8 heteroatoms. The smallest absolute Gasteiger partial charge is 0.248 e. The largest absolute Gasteiger partial charge is 0.368 e. The molecule has 1 saturated heterocycles. The lowest BCUT2D eigenvalue weighted by Crippen LogP contribution is -2.31. The highest BCUT2D eigenvalue weighted by atomic mass is 19.1. The molecule has 0 aliphatic carbocycles. The number of hydrogen-bond donors (Lipinski definition) is 2. The summed E-state index contributed by atoms with van der Waals surface area (Å²) in [6, 6.07) is 12.9. The number of likely N-dealkylation sites (tertiary alicyclic amines) is 1. The summed E-state index contributed by atoms with van der Waals surface area (Å²) in [5.41, 5.74) is 14.7. The van der Waals surface area contributed by atoms with Crippen LogP contribution in [0.15, 0.2) is 54.7 Å². The third-order valence-corrected chi connectivity index (χ3v) is 5.72. The number of amides is 2. The van der Waals surface area contributed by atoms with Gasteiger partial charge in [0.25, 0.3) is 0 Å². The van der Waals surface area contributed by atoms with Crippen molar-refractivity contribution in [2.75, 3.05) is 12.3 Å². The Kier molecular flexibility index (Phi) is 6.11. The number of benzene rings is 2. The molecule has 4 rings (SSSR count). The highest BCUT2D eigenvalue weighted by Gasteiger charge is 2.33. The summed E-state index contributed by atoms with van der Waals surface area (Å²) in [4.78, 5) is 35.1. The number of anilines is 1. The van der Waals surface area contributed by atoms with Crippen LogP contribution in [0.1, 0.15) is 46.9 Å². The topological polar surface area (TPSA) is 115 Å². The van der Waals surface area contributed by atoms with Gasteiger partial charge in [-0.3, -0.25) is 9.59 Å². The Morgan fingerprint density at radius 2 is 1.94 bits per heavy atom. The first-order valence-electron chi connectivity index (χ1n) is 10.5. The van der Waals surface area contributed by atoms with E-state index in [1.807, 2.05) is 11.0 Å². The van der Waals surface area contributed by atoms with Gasteiger partial charge in [-0.05, 0) is 54.7 Å². The van der Waals surface area contributed by atoms with Crippen LogP contribution in [0, 0.1) is 5.82 Å². The quantitative estimate of drug-likeness (QED) is 0.619. The third-order valence-electron chi connectivity index (χ3n) is 5.72. The average molecular weight is 433 g/mol. The molecule has 1 aliphatic heterocycles. The molecule has 2 aromatic carbocycles. The normalized spacial score (nSPS) is 15.7. The van der Waals surface area contributed by atoms with Crippen LogP contribution in [0.3, 0.4) is 0 Å². The Labute approximate surface area is 185 Å². The summed E-state index contributed by atoms with van der Waals surface area (Å²) >= 11 is 0. The summed E-state index contributed by atoms with van der Waals surface area (Å²) in [5.74, 6) is -0.691. The number of nitrogen functional groups attached to an aromatic ring is 1. The van der Waals surface area contributed by atoms with E-state index >= 15 is 0 Å². The van der Waals surface area contributed by atoms with E-state index in [2.05, 4.69) is 9.97 Å². The molecule has 1 aliphatic rings. The van der Waals surface area contributed by atoms with Gasteiger partial charge in [0.15, 0.2) is 0 Å². The van der Waals surface area contributed by atoms with Crippen LogP contribution in [0.5, 0.6) is 0 Å². The van der Waals surface area contributed by atoms with Crippen LogP contribution in [0.4, 0.5) is 10.3 Å². The number of rotatable bonds is 6. The van der Waals surface area contributed by atoms with Gasteiger partial charge < -0.3 is 16.4 Å². The van der Waals surface area contributed by atoms with Crippen molar-refractivity contribution in [2.45, 2.75) is 31.7 Å². The van der Waals surface area contributed by atoms with Crippen molar-refractivity contribution >= 4 is 17.8 Å². The van der Waals surface area contributed by atoms with E-state index in [0.717, 1.165) is 24.0 Å². The van der Waals surface area contributed by atoms with Gasteiger partial charge in [0, 0.05) is 30.3 Å². The molecule has 1 aromatic heterocycles. The molecule has 7 nitrogen and oxygen atoms in total. The summed E-state index contributed by atoms with van der Waals surface area (Å²) < 4.78 is 13.1. The van der Waals surface area contributed by atoms with Crippen molar-refractivity contribution in [3.8, 4) is 11.1 Å². The van der Waals surface area contributed by atoms with E-state index in [1.165, 1.54) is 12.1 Å².